The Balaban J connectivity index is 1.42. The first-order valence-electron chi connectivity index (χ1n) is 9.96. The predicted molar refractivity (Wildman–Crippen MR) is 122 cm³/mol. The Morgan fingerprint density at radius 1 is 0.688 bits per heavy atom. The number of pyridine rings is 3. The number of benzene rings is 2. The minimum Gasteiger partial charge on any atom is -0.267 e. The van der Waals surface area contributed by atoms with E-state index in [1.807, 2.05) is 66.7 Å². The fraction of sp³-hybridized carbons (Fsp3) is 0. The fourth-order valence-corrected chi connectivity index (χ4v) is 3.47. The third-order valence-electron chi connectivity index (χ3n) is 5.06. The number of nitrogens with zero attached hydrogens (tertiary/aromatic N) is 3. The van der Waals surface area contributed by atoms with Gasteiger partial charge in [0.2, 0.25) is 0 Å². The van der Waals surface area contributed by atoms with Gasteiger partial charge in [-0.25, -0.2) is 9.97 Å². The molecule has 2 N–H and O–H groups in total. The van der Waals surface area contributed by atoms with Gasteiger partial charge in [0.15, 0.2) is 0 Å². The molecule has 154 valence electrons. The Hall–Kier alpha value is -4.65. The van der Waals surface area contributed by atoms with Crippen LogP contribution in [0.3, 0.4) is 0 Å². The lowest BCUT2D eigenvalue weighted by atomic mass is 10.0. The molecule has 0 atom stereocenters. The molecule has 5 rings (SSSR count). The third-order valence-corrected chi connectivity index (χ3v) is 5.06. The first-order chi connectivity index (χ1) is 15.7. The Kier molecular flexibility index (Phi) is 4.97. The highest BCUT2D eigenvalue weighted by Crippen LogP contribution is 2.24. The van der Waals surface area contributed by atoms with Crippen LogP contribution < -0.4 is 10.9 Å². The molecule has 2 aromatic carbocycles. The normalized spacial score (nSPS) is 10.8. The lowest BCUT2D eigenvalue weighted by molar-refractivity contribution is 0.0845. The first kappa shape index (κ1) is 19.3. The first-order valence-corrected chi connectivity index (χ1v) is 9.96. The van der Waals surface area contributed by atoms with Crippen LogP contribution in [0.4, 0.5) is 0 Å². The van der Waals surface area contributed by atoms with Crippen molar-refractivity contribution in [1.82, 2.24) is 25.8 Å². The Morgan fingerprint density at radius 2 is 1.41 bits per heavy atom. The van der Waals surface area contributed by atoms with E-state index in [0.29, 0.717) is 27.7 Å². The van der Waals surface area contributed by atoms with Crippen molar-refractivity contribution in [3.63, 3.8) is 0 Å². The highest BCUT2D eigenvalue weighted by atomic mass is 16.2. The van der Waals surface area contributed by atoms with E-state index in [4.69, 9.17) is 0 Å². The third kappa shape index (κ3) is 3.75. The van der Waals surface area contributed by atoms with Gasteiger partial charge in [-0.2, -0.15) is 0 Å². The van der Waals surface area contributed by atoms with Crippen molar-refractivity contribution < 1.29 is 9.59 Å². The van der Waals surface area contributed by atoms with E-state index >= 15 is 0 Å². The number of aromatic nitrogens is 3. The van der Waals surface area contributed by atoms with Crippen LogP contribution in [-0.4, -0.2) is 26.8 Å². The number of hydrogen-bond acceptors (Lipinski definition) is 5. The average Bonchev–Trinajstić information content (AvgIpc) is 2.86. The molecule has 3 aromatic heterocycles. The Labute approximate surface area is 183 Å². The van der Waals surface area contributed by atoms with Crippen molar-refractivity contribution in [3.8, 4) is 11.3 Å². The van der Waals surface area contributed by atoms with E-state index in [9.17, 15) is 9.59 Å². The minimum atomic E-state index is -0.503. The van der Waals surface area contributed by atoms with Crippen molar-refractivity contribution in [1.29, 1.82) is 0 Å². The molecular formula is C25H17N5O2. The van der Waals surface area contributed by atoms with Crippen LogP contribution in [0.15, 0.2) is 91.3 Å². The van der Waals surface area contributed by atoms with Crippen LogP contribution in [0.1, 0.15) is 20.8 Å². The number of hydrazine groups is 1. The molecule has 0 aliphatic rings. The zero-order valence-corrected chi connectivity index (χ0v) is 16.8. The summed E-state index contributed by atoms with van der Waals surface area (Å²) in [5.74, 6) is -0.954. The highest BCUT2D eigenvalue weighted by Gasteiger charge is 2.15. The van der Waals surface area contributed by atoms with Gasteiger partial charge in [-0.05, 0) is 36.4 Å². The Morgan fingerprint density at radius 3 is 2.25 bits per heavy atom. The lowest BCUT2D eigenvalue weighted by Crippen LogP contribution is -2.42. The summed E-state index contributed by atoms with van der Waals surface area (Å²) in [5, 5.41) is 1.61. The number of amides is 2. The van der Waals surface area contributed by atoms with Gasteiger partial charge in [-0.3, -0.25) is 25.4 Å². The van der Waals surface area contributed by atoms with E-state index in [-0.39, 0.29) is 5.69 Å². The van der Waals surface area contributed by atoms with Gasteiger partial charge >= 0.3 is 0 Å². The maximum absolute atomic E-state index is 13.0. The standard InChI is InChI=1S/C25H17N5O2/c31-24(29-30-25(32)22-10-9-16-5-1-3-7-20(16)27-22)19-15-23(17-11-13-26-14-12-17)28-21-8-4-2-6-18(19)21/h1-15H,(H,29,31)(H,30,32). The highest BCUT2D eigenvalue weighted by molar-refractivity contribution is 6.08. The topological polar surface area (TPSA) is 96.9 Å². The van der Waals surface area contributed by atoms with Gasteiger partial charge in [-0.1, -0.05) is 42.5 Å². The van der Waals surface area contributed by atoms with E-state index in [0.717, 1.165) is 10.9 Å². The summed E-state index contributed by atoms with van der Waals surface area (Å²) in [6.45, 7) is 0. The van der Waals surface area contributed by atoms with Crippen molar-refractivity contribution in [2.24, 2.45) is 0 Å². The quantitative estimate of drug-likeness (QED) is 0.432. The van der Waals surface area contributed by atoms with Gasteiger partial charge in [0, 0.05) is 28.7 Å². The van der Waals surface area contributed by atoms with Crippen molar-refractivity contribution in [2.45, 2.75) is 0 Å². The largest absolute Gasteiger partial charge is 0.288 e. The van der Waals surface area contributed by atoms with Crippen LogP contribution in [0.2, 0.25) is 0 Å². The number of carbonyl (C=O) groups excluding carboxylic acids is 2. The maximum atomic E-state index is 13.0. The number of carbonyl (C=O) groups is 2. The van der Waals surface area contributed by atoms with Crippen LogP contribution >= 0.6 is 0 Å². The molecule has 7 heteroatoms. The monoisotopic (exact) mass is 419 g/mol. The smallest absolute Gasteiger partial charge is 0.267 e. The van der Waals surface area contributed by atoms with E-state index in [1.54, 1.807) is 24.5 Å². The minimum absolute atomic E-state index is 0.209. The Bertz CT molecular complexity index is 1470. The molecule has 32 heavy (non-hydrogen) atoms. The summed E-state index contributed by atoms with van der Waals surface area (Å²) in [7, 11) is 0. The lowest BCUT2D eigenvalue weighted by Gasteiger charge is -2.11. The summed E-state index contributed by atoms with van der Waals surface area (Å²) in [6.07, 6.45) is 3.34. The number of hydrogen-bond donors (Lipinski definition) is 2. The molecule has 0 radical (unpaired) electrons. The molecule has 0 saturated carbocycles. The molecule has 7 nitrogen and oxygen atoms in total. The SMILES string of the molecule is O=C(NNC(=O)c1cc(-c2ccncc2)nc2ccccc12)c1ccc2ccccc2n1. The molecule has 5 aromatic rings. The number of para-hydroxylation sites is 2. The molecule has 0 unspecified atom stereocenters. The molecule has 2 amide bonds. The average molecular weight is 419 g/mol. The molecule has 0 bridgehead atoms. The fourth-order valence-electron chi connectivity index (χ4n) is 3.47. The van der Waals surface area contributed by atoms with Crippen LogP contribution in [0.25, 0.3) is 33.1 Å². The summed E-state index contributed by atoms with van der Waals surface area (Å²) in [4.78, 5) is 38.6. The molecular weight excluding hydrogens is 402 g/mol. The van der Waals surface area contributed by atoms with Crippen LogP contribution in [0, 0.1) is 0 Å². The predicted octanol–water partition coefficient (Wildman–Crippen LogP) is 3.92. The molecule has 0 saturated heterocycles. The zero-order chi connectivity index (χ0) is 21.9. The number of rotatable bonds is 3. The van der Waals surface area contributed by atoms with Crippen LogP contribution in [0.5, 0.6) is 0 Å². The maximum Gasteiger partial charge on any atom is 0.288 e. The van der Waals surface area contributed by atoms with Gasteiger partial charge in [0.25, 0.3) is 11.8 Å². The summed E-state index contributed by atoms with van der Waals surface area (Å²) in [5.41, 5.74) is 8.41. The summed E-state index contributed by atoms with van der Waals surface area (Å²) >= 11 is 0. The second kappa shape index (κ2) is 8.23. The summed E-state index contributed by atoms with van der Waals surface area (Å²) < 4.78 is 0. The number of fused-ring (bicyclic) bond motifs is 2. The zero-order valence-electron chi connectivity index (χ0n) is 16.8. The second-order valence-electron chi connectivity index (χ2n) is 7.11. The van der Waals surface area contributed by atoms with E-state index in [2.05, 4.69) is 25.8 Å². The molecule has 3 heterocycles. The van der Waals surface area contributed by atoms with Crippen molar-refractivity contribution >= 4 is 33.6 Å². The van der Waals surface area contributed by atoms with Gasteiger partial charge in [0.1, 0.15) is 5.69 Å². The summed E-state index contributed by atoms with van der Waals surface area (Å²) in [6, 6.07) is 23.7. The van der Waals surface area contributed by atoms with E-state index in [1.165, 1.54) is 0 Å². The van der Waals surface area contributed by atoms with E-state index < -0.39 is 11.8 Å². The van der Waals surface area contributed by atoms with Crippen molar-refractivity contribution in [3.05, 3.63) is 103 Å². The van der Waals surface area contributed by atoms with Crippen molar-refractivity contribution in [2.75, 3.05) is 0 Å². The van der Waals surface area contributed by atoms with Gasteiger partial charge < -0.3 is 0 Å². The van der Waals surface area contributed by atoms with Crippen LogP contribution in [-0.2, 0) is 0 Å². The van der Waals surface area contributed by atoms with Gasteiger partial charge in [0.05, 0.1) is 22.3 Å². The molecule has 0 spiro atoms. The van der Waals surface area contributed by atoms with Gasteiger partial charge in [-0.15, -0.1) is 0 Å². The molecule has 0 fully saturated rings. The molecule has 0 aliphatic carbocycles. The number of nitrogens with one attached hydrogen (secondary N) is 2. The molecule has 0 aliphatic heterocycles. The second-order valence-corrected chi connectivity index (χ2v) is 7.11.